The van der Waals surface area contributed by atoms with Crippen LogP contribution >= 0.6 is 0 Å². The van der Waals surface area contributed by atoms with Gasteiger partial charge in [-0.1, -0.05) is 38.5 Å². The van der Waals surface area contributed by atoms with Crippen molar-refractivity contribution < 1.29 is 27.3 Å². The molecule has 0 aliphatic rings. The maximum absolute atomic E-state index is 11.7. The molecule has 1 aromatic rings. The predicted octanol–water partition coefficient (Wildman–Crippen LogP) is 0.0933. The number of rotatable bonds is 3. The van der Waals surface area contributed by atoms with Gasteiger partial charge in [-0.2, -0.15) is 0 Å². The molecule has 0 aliphatic heterocycles. The van der Waals surface area contributed by atoms with E-state index in [-0.39, 0.29) is 29.2 Å². The van der Waals surface area contributed by atoms with Crippen LogP contribution in [-0.2, 0) is 10.0 Å². The molecule has 0 radical (unpaired) electrons. The molecule has 0 N–H and O–H groups in total. The minimum atomic E-state index is -3.67. The van der Waals surface area contributed by atoms with Gasteiger partial charge in [-0.25, -0.2) is 8.42 Å². The third-order valence-electron chi connectivity index (χ3n) is 1.92. The molecular formula is C12H17LiN2O2S. The quantitative estimate of drug-likeness (QED) is 0.439. The first-order valence-corrected chi connectivity index (χ1v) is 6.73. The van der Waals surface area contributed by atoms with E-state index in [0.717, 1.165) is 5.56 Å². The van der Waals surface area contributed by atoms with Gasteiger partial charge in [0, 0.05) is 0 Å². The third kappa shape index (κ3) is 5.72. The fourth-order valence-corrected chi connectivity index (χ4v) is 1.76. The molecule has 0 amide bonds. The molecule has 1 rings (SSSR count). The number of nitrogens with zero attached hydrogens (tertiary/aromatic N) is 2. The summed E-state index contributed by atoms with van der Waals surface area (Å²) >= 11 is 0. The van der Waals surface area contributed by atoms with E-state index in [1.807, 2.05) is 27.7 Å². The van der Waals surface area contributed by atoms with E-state index in [2.05, 4.69) is 9.93 Å². The second-order valence-electron chi connectivity index (χ2n) is 4.98. The summed E-state index contributed by atoms with van der Waals surface area (Å²) in [6, 6.07) is 6.52. The molecule has 0 spiro atoms. The molecule has 0 unspecified atom stereocenters. The second kappa shape index (κ2) is 6.42. The van der Waals surface area contributed by atoms with Gasteiger partial charge >= 0.3 is 18.9 Å². The smallest absolute Gasteiger partial charge is 0.491 e. The van der Waals surface area contributed by atoms with Gasteiger partial charge < -0.3 is 9.93 Å². The SMILES string of the molecule is Cc1ccc(S(=O)(=O)[N-]/N=C/C(C)(C)C)cc1.[Li+]. The largest absolute Gasteiger partial charge is 1.00 e. The Morgan fingerprint density at radius 1 is 1.17 bits per heavy atom. The molecule has 94 valence electrons. The summed E-state index contributed by atoms with van der Waals surface area (Å²) in [7, 11) is -3.67. The molecule has 0 atom stereocenters. The van der Waals surface area contributed by atoms with Crippen LogP contribution in [0.2, 0.25) is 0 Å². The van der Waals surface area contributed by atoms with Gasteiger partial charge in [0.1, 0.15) is 10.0 Å². The van der Waals surface area contributed by atoms with Crippen LogP contribution < -0.4 is 18.9 Å². The topological polar surface area (TPSA) is 60.6 Å². The van der Waals surface area contributed by atoms with Crippen molar-refractivity contribution in [3.8, 4) is 0 Å². The number of sulfonamides is 1. The summed E-state index contributed by atoms with van der Waals surface area (Å²) in [5.74, 6) is 0. The van der Waals surface area contributed by atoms with Crippen molar-refractivity contribution in [3.05, 3.63) is 34.7 Å². The van der Waals surface area contributed by atoms with Gasteiger partial charge in [0.15, 0.2) is 0 Å². The molecule has 4 nitrogen and oxygen atoms in total. The van der Waals surface area contributed by atoms with Gasteiger partial charge in [-0.15, -0.1) is 0 Å². The van der Waals surface area contributed by atoms with Crippen molar-refractivity contribution in [1.29, 1.82) is 0 Å². The molecule has 0 saturated carbocycles. The molecular weight excluding hydrogens is 243 g/mol. The van der Waals surface area contributed by atoms with Crippen molar-refractivity contribution >= 4 is 16.2 Å². The van der Waals surface area contributed by atoms with Gasteiger partial charge in [0.25, 0.3) is 0 Å². The Morgan fingerprint density at radius 2 is 1.67 bits per heavy atom. The van der Waals surface area contributed by atoms with E-state index < -0.39 is 10.0 Å². The molecule has 0 aromatic heterocycles. The molecule has 18 heavy (non-hydrogen) atoms. The first-order chi connectivity index (χ1) is 7.71. The molecule has 0 saturated heterocycles. The third-order valence-corrected chi connectivity index (χ3v) is 3.10. The van der Waals surface area contributed by atoms with E-state index in [0.29, 0.717) is 0 Å². The van der Waals surface area contributed by atoms with Crippen LogP contribution in [0, 0.1) is 12.3 Å². The molecule has 0 heterocycles. The fourth-order valence-electron chi connectivity index (χ4n) is 1.02. The van der Waals surface area contributed by atoms with Crippen molar-refractivity contribution in [2.24, 2.45) is 10.5 Å². The van der Waals surface area contributed by atoms with E-state index in [4.69, 9.17) is 0 Å². The Labute approximate surface area is 121 Å². The van der Waals surface area contributed by atoms with Crippen LogP contribution in [0.25, 0.3) is 4.83 Å². The summed E-state index contributed by atoms with van der Waals surface area (Å²) in [4.78, 5) is 3.54. The van der Waals surface area contributed by atoms with Gasteiger partial charge in [-0.3, -0.25) is 0 Å². The molecule has 0 aliphatic carbocycles. The van der Waals surface area contributed by atoms with Crippen molar-refractivity contribution in [3.63, 3.8) is 0 Å². The summed E-state index contributed by atoms with van der Waals surface area (Å²) in [5, 5.41) is 3.63. The van der Waals surface area contributed by atoms with Crippen LogP contribution in [0.15, 0.2) is 34.3 Å². The van der Waals surface area contributed by atoms with Crippen molar-refractivity contribution in [1.82, 2.24) is 0 Å². The molecule has 6 heteroatoms. The van der Waals surface area contributed by atoms with E-state index in [9.17, 15) is 8.42 Å². The standard InChI is InChI=1S/C12H17N2O2S.Li/c1-10-5-7-11(8-6-10)17(15,16)14-13-9-12(2,3)4;/h5-9H,1-4H3;/q-1;+1/b13-9+;. The summed E-state index contributed by atoms with van der Waals surface area (Å²) in [5.41, 5.74) is 0.814. The van der Waals surface area contributed by atoms with E-state index in [1.165, 1.54) is 18.3 Å². The maximum Gasteiger partial charge on any atom is 1.00 e. The Morgan fingerprint density at radius 3 is 2.11 bits per heavy atom. The van der Waals surface area contributed by atoms with Crippen LogP contribution in [0.4, 0.5) is 0 Å². The minimum absolute atomic E-state index is 0. The first-order valence-electron chi connectivity index (χ1n) is 5.29. The Balaban J connectivity index is 0.00000289. The molecule has 1 aromatic carbocycles. The molecule has 0 fully saturated rings. The Kier molecular flexibility index (Phi) is 6.15. The van der Waals surface area contributed by atoms with Crippen molar-refractivity contribution in [2.75, 3.05) is 0 Å². The number of benzene rings is 1. The van der Waals surface area contributed by atoms with Gasteiger partial charge in [0.05, 0.1) is 4.90 Å². The number of hydrogen-bond acceptors (Lipinski definition) is 3. The van der Waals surface area contributed by atoms with Crippen LogP contribution in [0.1, 0.15) is 26.3 Å². The zero-order valence-corrected chi connectivity index (χ0v) is 12.3. The normalized spacial score (nSPS) is 12.2. The monoisotopic (exact) mass is 260 g/mol. The summed E-state index contributed by atoms with van der Waals surface area (Å²) in [6.45, 7) is 7.66. The maximum atomic E-state index is 11.7. The Bertz CT molecular complexity index is 502. The Hall–Kier alpha value is -0.763. The minimum Gasteiger partial charge on any atom is -0.491 e. The average Bonchev–Trinajstić information content (AvgIpc) is 2.15. The average molecular weight is 260 g/mol. The summed E-state index contributed by atoms with van der Waals surface area (Å²) < 4.78 is 23.5. The number of aryl methyl sites for hydroxylation is 1. The summed E-state index contributed by atoms with van der Waals surface area (Å²) in [6.07, 6.45) is 1.51. The van der Waals surface area contributed by atoms with Gasteiger partial charge in [0.2, 0.25) is 0 Å². The van der Waals surface area contributed by atoms with Gasteiger partial charge in [-0.05, 0) is 30.7 Å². The van der Waals surface area contributed by atoms with E-state index >= 15 is 0 Å². The van der Waals surface area contributed by atoms with Crippen LogP contribution in [0.5, 0.6) is 0 Å². The van der Waals surface area contributed by atoms with Crippen LogP contribution in [0.3, 0.4) is 0 Å². The predicted molar refractivity (Wildman–Crippen MR) is 69.7 cm³/mol. The fraction of sp³-hybridized carbons (Fsp3) is 0.417. The van der Waals surface area contributed by atoms with Crippen LogP contribution in [-0.4, -0.2) is 14.6 Å². The molecule has 0 bridgehead atoms. The second-order valence-corrected chi connectivity index (χ2v) is 6.57. The van der Waals surface area contributed by atoms with Crippen molar-refractivity contribution in [2.45, 2.75) is 32.6 Å². The number of hydrogen-bond donors (Lipinski definition) is 0. The van der Waals surface area contributed by atoms with E-state index in [1.54, 1.807) is 12.1 Å². The zero-order chi connectivity index (χ0) is 13.1. The zero-order valence-electron chi connectivity index (χ0n) is 11.5. The first kappa shape index (κ1) is 17.2.